The highest BCUT2D eigenvalue weighted by Gasteiger charge is 2.21. The molecular formula is C24H32. The van der Waals surface area contributed by atoms with Gasteiger partial charge in [0.25, 0.3) is 0 Å². The summed E-state index contributed by atoms with van der Waals surface area (Å²) in [6, 6.07) is 18.5. The Morgan fingerprint density at radius 2 is 1.29 bits per heavy atom. The van der Waals surface area contributed by atoms with Gasteiger partial charge in [0.2, 0.25) is 0 Å². The third-order valence-electron chi connectivity index (χ3n) is 5.75. The van der Waals surface area contributed by atoms with Crippen LogP contribution in [0.5, 0.6) is 0 Å². The number of aryl methyl sites for hydroxylation is 1. The smallest absolute Gasteiger partial charge is 0.0162 e. The van der Waals surface area contributed by atoms with Crippen molar-refractivity contribution in [1.29, 1.82) is 0 Å². The largest absolute Gasteiger partial charge is 0.0654 e. The summed E-state index contributed by atoms with van der Waals surface area (Å²) >= 11 is 0. The van der Waals surface area contributed by atoms with Crippen LogP contribution in [0.3, 0.4) is 0 Å². The molecule has 0 N–H and O–H groups in total. The van der Waals surface area contributed by atoms with Crippen LogP contribution in [-0.4, -0.2) is 0 Å². The van der Waals surface area contributed by atoms with Gasteiger partial charge in [-0.05, 0) is 66.2 Å². The van der Waals surface area contributed by atoms with E-state index < -0.39 is 0 Å². The summed E-state index contributed by atoms with van der Waals surface area (Å²) < 4.78 is 0. The lowest BCUT2D eigenvalue weighted by Crippen LogP contribution is -2.13. The van der Waals surface area contributed by atoms with Crippen LogP contribution in [0.2, 0.25) is 0 Å². The second-order valence-electron chi connectivity index (χ2n) is 7.58. The molecule has 0 atom stereocenters. The fourth-order valence-corrected chi connectivity index (χ4v) is 4.29. The van der Waals surface area contributed by atoms with Crippen LogP contribution in [0.25, 0.3) is 11.1 Å². The van der Waals surface area contributed by atoms with E-state index in [0.717, 1.165) is 11.8 Å². The van der Waals surface area contributed by atoms with Crippen molar-refractivity contribution in [3.05, 3.63) is 59.7 Å². The predicted molar refractivity (Wildman–Crippen MR) is 105 cm³/mol. The van der Waals surface area contributed by atoms with E-state index in [1.807, 2.05) is 0 Å². The Morgan fingerprint density at radius 3 is 1.83 bits per heavy atom. The quantitative estimate of drug-likeness (QED) is 0.521. The van der Waals surface area contributed by atoms with Gasteiger partial charge in [-0.3, -0.25) is 0 Å². The zero-order valence-electron chi connectivity index (χ0n) is 15.4. The van der Waals surface area contributed by atoms with Crippen LogP contribution in [0.1, 0.15) is 75.8 Å². The minimum atomic E-state index is 0.791. The lowest BCUT2D eigenvalue weighted by atomic mass is 9.77. The molecule has 0 nitrogen and oxygen atoms in total. The molecule has 0 aliphatic heterocycles. The highest BCUT2D eigenvalue weighted by molar-refractivity contribution is 5.64. The van der Waals surface area contributed by atoms with Crippen molar-refractivity contribution in [3.8, 4) is 11.1 Å². The van der Waals surface area contributed by atoms with E-state index in [1.165, 1.54) is 68.1 Å². The molecule has 2 aromatic rings. The first-order valence-corrected chi connectivity index (χ1v) is 9.99. The van der Waals surface area contributed by atoms with Crippen molar-refractivity contribution >= 4 is 0 Å². The highest BCUT2D eigenvalue weighted by atomic mass is 14.3. The van der Waals surface area contributed by atoms with Crippen molar-refractivity contribution in [1.82, 2.24) is 0 Å². The van der Waals surface area contributed by atoms with Gasteiger partial charge in [0.1, 0.15) is 0 Å². The molecule has 0 heterocycles. The Bertz CT molecular complexity index is 597. The lowest BCUT2D eigenvalue weighted by molar-refractivity contribution is 0.308. The molecule has 24 heavy (non-hydrogen) atoms. The molecule has 1 saturated carbocycles. The molecule has 2 aromatic carbocycles. The zero-order valence-corrected chi connectivity index (χ0v) is 15.4. The van der Waals surface area contributed by atoms with Gasteiger partial charge in [0.05, 0.1) is 0 Å². The summed E-state index contributed by atoms with van der Waals surface area (Å²) in [7, 11) is 0. The first-order valence-electron chi connectivity index (χ1n) is 9.99. The van der Waals surface area contributed by atoms with Crippen LogP contribution in [0, 0.1) is 5.92 Å². The second kappa shape index (κ2) is 8.51. The van der Waals surface area contributed by atoms with Crippen LogP contribution in [0.4, 0.5) is 0 Å². The van der Waals surface area contributed by atoms with Crippen molar-refractivity contribution < 1.29 is 0 Å². The van der Waals surface area contributed by atoms with Gasteiger partial charge in [0, 0.05) is 0 Å². The van der Waals surface area contributed by atoms with E-state index in [4.69, 9.17) is 0 Å². The maximum absolute atomic E-state index is 2.38. The summed E-state index contributed by atoms with van der Waals surface area (Å²) in [5.41, 5.74) is 5.69. The first-order chi connectivity index (χ1) is 11.8. The normalized spacial score (nSPS) is 20.9. The maximum atomic E-state index is 2.38. The van der Waals surface area contributed by atoms with Gasteiger partial charge in [-0.1, -0.05) is 81.6 Å². The minimum Gasteiger partial charge on any atom is -0.0654 e. The predicted octanol–water partition coefficient (Wildman–Crippen LogP) is 7.38. The summed E-state index contributed by atoms with van der Waals surface area (Å²) in [5.74, 6) is 1.78. The van der Waals surface area contributed by atoms with Gasteiger partial charge in [-0.25, -0.2) is 0 Å². The van der Waals surface area contributed by atoms with E-state index in [1.54, 1.807) is 5.56 Å². The van der Waals surface area contributed by atoms with E-state index in [2.05, 4.69) is 62.4 Å². The molecule has 128 valence electrons. The van der Waals surface area contributed by atoms with Gasteiger partial charge < -0.3 is 0 Å². The Balaban J connectivity index is 1.63. The molecule has 3 rings (SSSR count). The number of hydrogen-bond acceptors (Lipinski definition) is 0. The molecule has 0 bridgehead atoms. The maximum Gasteiger partial charge on any atom is -0.0162 e. The van der Waals surface area contributed by atoms with Crippen molar-refractivity contribution in [3.63, 3.8) is 0 Å². The fourth-order valence-electron chi connectivity index (χ4n) is 4.29. The standard InChI is InChI=1S/C24H32/c1-3-5-19-7-11-21(12-8-19)23-15-17-24(18-16-23)22-13-9-20(6-4-2)10-14-22/h7-8,11-12,15-18,20,22H,3-6,9-10,13-14H2,1-2H3/t20-,22-. The molecule has 1 fully saturated rings. The molecule has 0 aromatic heterocycles. The topological polar surface area (TPSA) is 0 Å². The molecular weight excluding hydrogens is 288 g/mol. The van der Waals surface area contributed by atoms with Gasteiger partial charge in [-0.15, -0.1) is 0 Å². The van der Waals surface area contributed by atoms with Gasteiger partial charge in [0.15, 0.2) is 0 Å². The SMILES string of the molecule is CCCc1ccc(-c2ccc([C@H]3CC[C@H](CCC)CC3)cc2)cc1. The van der Waals surface area contributed by atoms with Gasteiger partial charge >= 0.3 is 0 Å². The van der Waals surface area contributed by atoms with Gasteiger partial charge in [-0.2, -0.15) is 0 Å². The average molecular weight is 321 g/mol. The Kier molecular flexibility index (Phi) is 6.12. The van der Waals surface area contributed by atoms with Crippen molar-refractivity contribution in [2.24, 2.45) is 5.92 Å². The third-order valence-corrected chi connectivity index (χ3v) is 5.75. The van der Waals surface area contributed by atoms with E-state index >= 15 is 0 Å². The van der Waals surface area contributed by atoms with E-state index in [9.17, 15) is 0 Å². The number of hydrogen-bond donors (Lipinski definition) is 0. The highest BCUT2D eigenvalue weighted by Crippen LogP contribution is 2.38. The molecule has 1 aliphatic rings. The number of rotatable bonds is 6. The van der Waals surface area contributed by atoms with E-state index in [0.29, 0.717) is 0 Å². The minimum absolute atomic E-state index is 0.791. The lowest BCUT2D eigenvalue weighted by Gasteiger charge is -2.28. The molecule has 1 aliphatic carbocycles. The zero-order chi connectivity index (χ0) is 16.8. The Labute approximate surface area is 148 Å². The van der Waals surface area contributed by atoms with Crippen molar-refractivity contribution in [2.75, 3.05) is 0 Å². The molecule has 0 amide bonds. The average Bonchev–Trinajstić information content (AvgIpc) is 2.64. The fraction of sp³-hybridized carbons (Fsp3) is 0.500. The van der Waals surface area contributed by atoms with Crippen LogP contribution >= 0.6 is 0 Å². The Morgan fingerprint density at radius 1 is 0.708 bits per heavy atom. The monoisotopic (exact) mass is 320 g/mol. The summed E-state index contributed by atoms with van der Waals surface area (Å²) in [6.07, 6.45) is 10.8. The molecule has 0 heteroatoms. The van der Waals surface area contributed by atoms with Crippen LogP contribution in [0.15, 0.2) is 48.5 Å². The first kappa shape index (κ1) is 17.3. The van der Waals surface area contributed by atoms with Crippen LogP contribution in [-0.2, 0) is 6.42 Å². The molecule has 0 saturated heterocycles. The molecule has 0 spiro atoms. The van der Waals surface area contributed by atoms with Crippen LogP contribution < -0.4 is 0 Å². The molecule has 0 radical (unpaired) electrons. The summed E-state index contributed by atoms with van der Waals surface area (Å²) in [5, 5.41) is 0. The second-order valence-corrected chi connectivity index (χ2v) is 7.58. The van der Waals surface area contributed by atoms with Crippen molar-refractivity contribution in [2.45, 2.75) is 71.1 Å². The summed E-state index contributed by atoms with van der Waals surface area (Å²) in [4.78, 5) is 0. The summed E-state index contributed by atoms with van der Waals surface area (Å²) in [6.45, 7) is 4.56. The Hall–Kier alpha value is -1.56. The molecule has 0 unspecified atom stereocenters. The van der Waals surface area contributed by atoms with E-state index in [-0.39, 0.29) is 0 Å². The number of benzene rings is 2. The third kappa shape index (κ3) is 4.29.